The van der Waals surface area contributed by atoms with Gasteiger partial charge in [-0.3, -0.25) is 4.79 Å². The van der Waals surface area contributed by atoms with Crippen LogP contribution in [-0.4, -0.2) is 11.9 Å². The Bertz CT molecular complexity index is 259. The van der Waals surface area contributed by atoms with Crippen LogP contribution in [0.2, 0.25) is 0 Å². The molecule has 3 nitrogen and oxygen atoms in total. The highest BCUT2D eigenvalue weighted by Crippen LogP contribution is 2.57. The van der Waals surface area contributed by atoms with Gasteiger partial charge in [0.05, 0.1) is 6.07 Å². The Hall–Kier alpha value is -1.04. The predicted octanol–water partition coefficient (Wildman–Crippen LogP) is 1.06. The molecule has 1 amide bonds. The summed E-state index contributed by atoms with van der Waals surface area (Å²) in [7, 11) is 0. The van der Waals surface area contributed by atoms with Crippen LogP contribution in [0.4, 0.5) is 0 Å². The van der Waals surface area contributed by atoms with Crippen LogP contribution in [0.3, 0.4) is 0 Å². The van der Waals surface area contributed by atoms with Crippen molar-refractivity contribution in [3.63, 3.8) is 0 Å². The van der Waals surface area contributed by atoms with Crippen molar-refractivity contribution in [3.8, 4) is 6.07 Å². The first-order chi connectivity index (χ1) is 6.24. The number of nitrogens with one attached hydrogen (secondary N) is 1. The average Bonchev–Trinajstić information content (AvgIpc) is 2.61. The number of amides is 1. The lowest BCUT2D eigenvalue weighted by Gasteiger charge is -2.07. The maximum Gasteiger partial charge on any atom is 0.224 e. The maximum absolute atomic E-state index is 11.5. The number of rotatable bonds is 2. The molecular weight excluding hydrogens is 164 g/mol. The van der Waals surface area contributed by atoms with Crippen molar-refractivity contribution in [3.05, 3.63) is 0 Å². The molecule has 0 spiro atoms. The fraction of sp³-hybridized carbons (Fsp3) is 0.800. The zero-order chi connectivity index (χ0) is 9.42. The van der Waals surface area contributed by atoms with Gasteiger partial charge in [0.15, 0.2) is 0 Å². The second kappa shape index (κ2) is 3.02. The van der Waals surface area contributed by atoms with Crippen LogP contribution in [0, 0.1) is 29.1 Å². The highest BCUT2D eigenvalue weighted by atomic mass is 16.2. The molecule has 3 atom stereocenters. The monoisotopic (exact) mass is 178 g/mol. The fourth-order valence-corrected chi connectivity index (χ4v) is 2.55. The molecule has 0 radical (unpaired) electrons. The third kappa shape index (κ3) is 1.41. The molecule has 0 aliphatic heterocycles. The molecule has 2 aliphatic rings. The van der Waals surface area contributed by atoms with Gasteiger partial charge >= 0.3 is 0 Å². The van der Waals surface area contributed by atoms with Crippen LogP contribution in [0.25, 0.3) is 0 Å². The standard InChI is InChI=1S/C10H14N2O/c1-6(5-11)12-10(13)9-7-3-2-4-8(7)9/h6-9H,2-4H2,1H3,(H,12,13). The Morgan fingerprint density at radius 2 is 2.15 bits per heavy atom. The molecule has 0 aromatic rings. The molecule has 0 bridgehead atoms. The molecule has 0 heterocycles. The predicted molar refractivity (Wildman–Crippen MR) is 47.5 cm³/mol. The Morgan fingerprint density at radius 3 is 2.69 bits per heavy atom. The smallest absolute Gasteiger partial charge is 0.224 e. The van der Waals surface area contributed by atoms with Crippen molar-refractivity contribution in [2.45, 2.75) is 32.2 Å². The van der Waals surface area contributed by atoms with Gasteiger partial charge in [-0.15, -0.1) is 0 Å². The van der Waals surface area contributed by atoms with Gasteiger partial charge in [0.25, 0.3) is 0 Å². The second-order valence-electron chi connectivity index (χ2n) is 4.14. The summed E-state index contributed by atoms with van der Waals surface area (Å²) in [6.45, 7) is 1.72. The van der Waals surface area contributed by atoms with E-state index in [-0.39, 0.29) is 17.9 Å². The van der Waals surface area contributed by atoms with Crippen LogP contribution in [-0.2, 0) is 4.79 Å². The Morgan fingerprint density at radius 1 is 1.54 bits per heavy atom. The van der Waals surface area contributed by atoms with E-state index in [0.717, 1.165) is 0 Å². The number of carbonyl (C=O) groups is 1. The summed E-state index contributed by atoms with van der Waals surface area (Å²) in [5, 5.41) is 11.2. The number of fused-ring (bicyclic) bond motifs is 1. The molecular formula is C10H14N2O. The van der Waals surface area contributed by atoms with Gasteiger partial charge in [-0.1, -0.05) is 6.42 Å². The molecule has 2 saturated carbocycles. The van der Waals surface area contributed by atoms with Crippen molar-refractivity contribution >= 4 is 5.91 Å². The van der Waals surface area contributed by atoms with Gasteiger partial charge in [0.1, 0.15) is 6.04 Å². The number of hydrogen-bond donors (Lipinski definition) is 1. The summed E-state index contributed by atoms with van der Waals surface area (Å²) in [5.41, 5.74) is 0. The van der Waals surface area contributed by atoms with E-state index in [2.05, 4.69) is 5.32 Å². The molecule has 3 heteroatoms. The van der Waals surface area contributed by atoms with Gasteiger partial charge in [0, 0.05) is 5.92 Å². The van der Waals surface area contributed by atoms with E-state index < -0.39 is 0 Å². The van der Waals surface area contributed by atoms with Crippen molar-refractivity contribution in [1.82, 2.24) is 5.32 Å². The van der Waals surface area contributed by atoms with Crippen molar-refractivity contribution < 1.29 is 4.79 Å². The van der Waals surface area contributed by atoms with E-state index in [1.807, 2.05) is 6.07 Å². The van der Waals surface area contributed by atoms with E-state index in [0.29, 0.717) is 11.8 Å². The van der Waals surface area contributed by atoms with Crippen LogP contribution in [0.1, 0.15) is 26.2 Å². The van der Waals surface area contributed by atoms with E-state index in [4.69, 9.17) is 5.26 Å². The maximum atomic E-state index is 11.5. The highest BCUT2D eigenvalue weighted by Gasteiger charge is 2.56. The third-order valence-electron chi connectivity index (χ3n) is 3.26. The minimum Gasteiger partial charge on any atom is -0.340 e. The zero-order valence-corrected chi connectivity index (χ0v) is 7.79. The van der Waals surface area contributed by atoms with Gasteiger partial charge < -0.3 is 5.32 Å². The molecule has 70 valence electrons. The van der Waals surface area contributed by atoms with E-state index >= 15 is 0 Å². The summed E-state index contributed by atoms with van der Waals surface area (Å²) >= 11 is 0. The molecule has 3 unspecified atom stereocenters. The Balaban J connectivity index is 1.84. The topological polar surface area (TPSA) is 52.9 Å². The van der Waals surface area contributed by atoms with Gasteiger partial charge in [-0.2, -0.15) is 5.26 Å². The highest BCUT2D eigenvalue weighted by molar-refractivity contribution is 5.82. The molecule has 0 aromatic heterocycles. The van der Waals surface area contributed by atoms with E-state index in [1.54, 1.807) is 6.92 Å². The Kier molecular flexibility index (Phi) is 1.99. The van der Waals surface area contributed by atoms with Crippen LogP contribution in [0.15, 0.2) is 0 Å². The molecule has 13 heavy (non-hydrogen) atoms. The number of nitriles is 1. The first kappa shape index (κ1) is 8.55. The lowest BCUT2D eigenvalue weighted by atomic mass is 10.1. The van der Waals surface area contributed by atoms with Crippen LogP contribution in [0.5, 0.6) is 0 Å². The molecule has 2 rings (SSSR count). The lowest BCUT2D eigenvalue weighted by molar-refractivity contribution is -0.123. The average molecular weight is 178 g/mol. The molecule has 2 fully saturated rings. The first-order valence-corrected chi connectivity index (χ1v) is 4.94. The Labute approximate surface area is 78.1 Å². The zero-order valence-electron chi connectivity index (χ0n) is 7.79. The summed E-state index contributed by atoms with van der Waals surface area (Å²) in [6.07, 6.45) is 3.71. The van der Waals surface area contributed by atoms with Gasteiger partial charge in [0.2, 0.25) is 5.91 Å². The van der Waals surface area contributed by atoms with Gasteiger partial charge in [-0.25, -0.2) is 0 Å². The van der Waals surface area contributed by atoms with Crippen LogP contribution >= 0.6 is 0 Å². The molecule has 2 aliphatic carbocycles. The van der Waals surface area contributed by atoms with E-state index in [9.17, 15) is 4.79 Å². The minimum absolute atomic E-state index is 0.101. The summed E-state index contributed by atoms with van der Waals surface area (Å²) in [6, 6.07) is 1.67. The quantitative estimate of drug-likeness (QED) is 0.687. The summed E-state index contributed by atoms with van der Waals surface area (Å²) in [4.78, 5) is 11.5. The van der Waals surface area contributed by atoms with Crippen molar-refractivity contribution in [2.75, 3.05) is 0 Å². The van der Waals surface area contributed by atoms with E-state index in [1.165, 1.54) is 19.3 Å². The minimum atomic E-state index is -0.339. The normalized spacial score (nSPS) is 37.4. The largest absolute Gasteiger partial charge is 0.340 e. The van der Waals surface area contributed by atoms with Crippen LogP contribution < -0.4 is 5.32 Å². The summed E-state index contributed by atoms with van der Waals surface area (Å²) in [5.74, 6) is 1.63. The lowest BCUT2D eigenvalue weighted by Crippen LogP contribution is -2.33. The molecule has 0 saturated heterocycles. The first-order valence-electron chi connectivity index (χ1n) is 4.94. The second-order valence-corrected chi connectivity index (χ2v) is 4.14. The fourth-order valence-electron chi connectivity index (χ4n) is 2.55. The number of hydrogen-bond acceptors (Lipinski definition) is 2. The molecule has 0 aromatic carbocycles. The van der Waals surface area contributed by atoms with Gasteiger partial charge in [-0.05, 0) is 31.6 Å². The number of carbonyl (C=O) groups excluding carboxylic acids is 1. The summed E-state index contributed by atoms with van der Waals surface area (Å²) < 4.78 is 0. The third-order valence-corrected chi connectivity index (χ3v) is 3.26. The number of nitrogens with zero attached hydrogens (tertiary/aromatic N) is 1. The van der Waals surface area contributed by atoms with Crippen molar-refractivity contribution in [2.24, 2.45) is 17.8 Å². The van der Waals surface area contributed by atoms with Crippen molar-refractivity contribution in [1.29, 1.82) is 5.26 Å². The molecule has 1 N–H and O–H groups in total. The SMILES string of the molecule is CC(C#N)NC(=O)C1C2CCCC21.